The molecule has 7 unspecified atom stereocenters. The number of rotatable bonds is 8. The lowest BCUT2D eigenvalue weighted by Gasteiger charge is -2.63. The van der Waals surface area contributed by atoms with Crippen molar-refractivity contribution in [2.24, 2.45) is 40.4 Å². The number of ether oxygens (including phenoxy) is 2. The smallest absolute Gasteiger partial charge is 0.0612 e. The first-order chi connectivity index (χ1) is 14.8. The summed E-state index contributed by atoms with van der Waals surface area (Å²) < 4.78 is 13.0. The van der Waals surface area contributed by atoms with Crippen molar-refractivity contribution in [1.29, 1.82) is 0 Å². The Balaban J connectivity index is 1.59. The molecule has 0 aromatic heterocycles. The van der Waals surface area contributed by atoms with Gasteiger partial charge in [-0.25, -0.2) is 0 Å². The molecule has 4 fully saturated rings. The van der Waals surface area contributed by atoms with Gasteiger partial charge in [0.2, 0.25) is 0 Å². The molecule has 0 bridgehead atoms. The summed E-state index contributed by atoms with van der Waals surface area (Å²) >= 11 is 4.95. The van der Waals surface area contributed by atoms with Crippen LogP contribution in [0.15, 0.2) is 0 Å². The first kappa shape index (κ1) is 24.4. The van der Waals surface area contributed by atoms with Gasteiger partial charge in [-0.1, -0.05) is 27.7 Å². The maximum atomic E-state index is 6.73. The molecule has 4 heteroatoms. The van der Waals surface area contributed by atoms with Crippen molar-refractivity contribution in [1.82, 2.24) is 5.32 Å². The second-order valence-corrected chi connectivity index (χ2v) is 12.8. The molecular formula is C27H49NO2S. The van der Waals surface area contributed by atoms with E-state index in [1.165, 1.54) is 51.4 Å². The standard InChI is InChI=1S/C27H49NO2S/c1-6-14-29-20-9-11-26(3)19(16-20)17-24(30-15-13-28-5)25-22-8-7-21(18(2)31)27(22,4)12-10-23(25)26/h18-25,28,31H,6-17H2,1-5H3/t18-,19?,20+,21?,22?,23?,24+,25?,26?,27?/m0/s1. The lowest BCUT2D eigenvalue weighted by atomic mass is 9.44. The molecule has 0 saturated heterocycles. The number of fused-ring (bicyclic) bond motifs is 5. The summed E-state index contributed by atoms with van der Waals surface area (Å²) in [6, 6.07) is 0. The average Bonchev–Trinajstić information content (AvgIpc) is 3.10. The molecular weight excluding hydrogens is 402 g/mol. The Bertz CT molecular complexity index is 600. The Morgan fingerprint density at radius 3 is 2.42 bits per heavy atom. The maximum Gasteiger partial charge on any atom is 0.0612 e. The van der Waals surface area contributed by atoms with E-state index in [1.54, 1.807) is 0 Å². The Labute approximate surface area is 197 Å². The molecule has 31 heavy (non-hydrogen) atoms. The van der Waals surface area contributed by atoms with Gasteiger partial charge in [-0.3, -0.25) is 0 Å². The zero-order chi connectivity index (χ0) is 22.2. The van der Waals surface area contributed by atoms with Crippen LogP contribution >= 0.6 is 12.6 Å². The Hall–Kier alpha value is 0.230. The SMILES string of the molecule is CCCO[C@@H]1CCC2(C)C(C1)C[C@@H](OCCNC)C1C2CCC2(C)C1CCC2[C@H](C)S. The van der Waals surface area contributed by atoms with Crippen LogP contribution < -0.4 is 5.32 Å². The summed E-state index contributed by atoms with van der Waals surface area (Å²) in [4.78, 5) is 0. The van der Waals surface area contributed by atoms with Crippen molar-refractivity contribution in [3.05, 3.63) is 0 Å². The fourth-order valence-corrected chi connectivity index (χ4v) is 9.40. The van der Waals surface area contributed by atoms with Crippen molar-refractivity contribution in [3.63, 3.8) is 0 Å². The Kier molecular flexibility index (Phi) is 7.73. The van der Waals surface area contributed by atoms with Crippen LogP contribution in [0, 0.1) is 40.4 Å². The minimum absolute atomic E-state index is 0.431. The van der Waals surface area contributed by atoms with Crippen LogP contribution in [0.5, 0.6) is 0 Å². The van der Waals surface area contributed by atoms with Crippen LogP contribution in [0.25, 0.3) is 0 Å². The monoisotopic (exact) mass is 451 g/mol. The van der Waals surface area contributed by atoms with Crippen LogP contribution in [0.2, 0.25) is 0 Å². The summed E-state index contributed by atoms with van der Waals surface area (Å²) in [6.07, 6.45) is 12.7. The molecule has 0 aromatic rings. The number of hydrogen-bond donors (Lipinski definition) is 2. The van der Waals surface area contributed by atoms with Gasteiger partial charge in [-0.05, 0) is 105 Å². The summed E-state index contributed by atoms with van der Waals surface area (Å²) in [5.41, 5.74) is 0.934. The molecule has 10 atom stereocenters. The van der Waals surface area contributed by atoms with E-state index in [9.17, 15) is 0 Å². The third-order valence-corrected chi connectivity index (χ3v) is 10.9. The molecule has 4 rings (SSSR count). The second kappa shape index (κ2) is 9.84. The third-order valence-electron chi connectivity index (χ3n) is 10.5. The van der Waals surface area contributed by atoms with E-state index in [1.807, 2.05) is 7.05 Å². The molecule has 0 heterocycles. The van der Waals surface area contributed by atoms with E-state index in [-0.39, 0.29) is 0 Å². The predicted octanol–water partition coefficient (Wildman–Crippen LogP) is 5.97. The molecule has 0 radical (unpaired) electrons. The summed E-state index contributed by atoms with van der Waals surface area (Å²) in [5, 5.41) is 3.80. The number of likely N-dealkylation sites (N-methyl/N-ethyl adjacent to an activating group) is 1. The Morgan fingerprint density at radius 2 is 1.71 bits per heavy atom. The molecule has 0 aromatic carbocycles. The van der Waals surface area contributed by atoms with Crippen molar-refractivity contribution in [2.75, 3.05) is 26.8 Å². The molecule has 180 valence electrons. The van der Waals surface area contributed by atoms with Gasteiger partial charge < -0.3 is 14.8 Å². The fraction of sp³-hybridized carbons (Fsp3) is 1.00. The van der Waals surface area contributed by atoms with Crippen LogP contribution in [0.4, 0.5) is 0 Å². The molecule has 4 aliphatic rings. The summed E-state index contributed by atoms with van der Waals surface area (Å²) in [6.45, 7) is 12.6. The zero-order valence-corrected chi connectivity index (χ0v) is 21.8. The third kappa shape index (κ3) is 4.37. The fourth-order valence-electron chi connectivity index (χ4n) is 8.91. The van der Waals surface area contributed by atoms with Crippen molar-refractivity contribution in [3.8, 4) is 0 Å². The second-order valence-electron chi connectivity index (χ2n) is 12.0. The van der Waals surface area contributed by atoms with Crippen LogP contribution in [0.3, 0.4) is 0 Å². The molecule has 0 amide bonds. The van der Waals surface area contributed by atoms with Crippen LogP contribution in [-0.2, 0) is 9.47 Å². The highest BCUT2D eigenvalue weighted by Gasteiger charge is 2.63. The van der Waals surface area contributed by atoms with Gasteiger partial charge in [0.15, 0.2) is 0 Å². The van der Waals surface area contributed by atoms with Crippen molar-refractivity contribution >= 4 is 12.6 Å². The van der Waals surface area contributed by atoms with Gasteiger partial charge in [0.05, 0.1) is 18.8 Å². The largest absolute Gasteiger partial charge is 0.378 e. The molecule has 1 N–H and O–H groups in total. The van der Waals surface area contributed by atoms with E-state index in [0.717, 1.165) is 55.8 Å². The predicted molar refractivity (Wildman–Crippen MR) is 133 cm³/mol. The van der Waals surface area contributed by atoms with Gasteiger partial charge in [0, 0.05) is 18.4 Å². The Morgan fingerprint density at radius 1 is 0.968 bits per heavy atom. The molecule has 4 saturated carbocycles. The van der Waals surface area contributed by atoms with E-state index in [0.29, 0.717) is 28.3 Å². The number of nitrogens with one attached hydrogen (secondary N) is 1. The zero-order valence-electron chi connectivity index (χ0n) is 20.9. The highest BCUT2D eigenvalue weighted by molar-refractivity contribution is 7.80. The maximum absolute atomic E-state index is 6.73. The van der Waals surface area contributed by atoms with E-state index in [2.05, 4.69) is 33.0 Å². The van der Waals surface area contributed by atoms with Gasteiger partial charge in [-0.15, -0.1) is 0 Å². The highest BCUT2D eigenvalue weighted by Crippen LogP contribution is 2.68. The normalized spacial score (nSPS) is 48.0. The lowest BCUT2D eigenvalue weighted by Crippen LogP contribution is -2.59. The topological polar surface area (TPSA) is 30.5 Å². The van der Waals surface area contributed by atoms with E-state index >= 15 is 0 Å². The summed E-state index contributed by atoms with van der Waals surface area (Å²) in [5.74, 6) is 3.90. The molecule has 3 nitrogen and oxygen atoms in total. The molecule has 0 spiro atoms. The van der Waals surface area contributed by atoms with E-state index in [4.69, 9.17) is 22.1 Å². The number of hydrogen-bond acceptors (Lipinski definition) is 4. The molecule has 0 aliphatic heterocycles. The van der Waals surface area contributed by atoms with E-state index < -0.39 is 0 Å². The van der Waals surface area contributed by atoms with Gasteiger partial charge in [-0.2, -0.15) is 12.6 Å². The number of thiol groups is 1. The highest BCUT2D eigenvalue weighted by atomic mass is 32.1. The minimum atomic E-state index is 0.431. The summed E-state index contributed by atoms with van der Waals surface area (Å²) in [7, 11) is 2.04. The molecule has 4 aliphatic carbocycles. The average molecular weight is 452 g/mol. The van der Waals surface area contributed by atoms with Crippen LogP contribution in [0.1, 0.15) is 85.5 Å². The van der Waals surface area contributed by atoms with Gasteiger partial charge >= 0.3 is 0 Å². The lowest BCUT2D eigenvalue weighted by molar-refractivity contribution is -0.189. The van der Waals surface area contributed by atoms with Gasteiger partial charge in [0.1, 0.15) is 0 Å². The van der Waals surface area contributed by atoms with Crippen LogP contribution in [-0.4, -0.2) is 44.3 Å². The minimum Gasteiger partial charge on any atom is -0.378 e. The van der Waals surface area contributed by atoms with Crippen molar-refractivity contribution in [2.45, 2.75) is 103 Å². The quantitative estimate of drug-likeness (QED) is 0.352. The van der Waals surface area contributed by atoms with Crippen molar-refractivity contribution < 1.29 is 9.47 Å². The van der Waals surface area contributed by atoms with Gasteiger partial charge in [0.25, 0.3) is 0 Å². The first-order valence-electron chi connectivity index (χ1n) is 13.4. The first-order valence-corrected chi connectivity index (χ1v) is 13.9.